The van der Waals surface area contributed by atoms with E-state index >= 15 is 0 Å². The van der Waals surface area contributed by atoms with Crippen LogP contribution in [0.3, 0.4) is 0 Å². The monoisotopic (exact) mass is 350 g/mol. The average Bonchev–Trinajstić information content (AvgIpc) is 2.55. The molecule has 0 unspecified atom stereocenters. The standard InChI is InChI=1S/C20H34N2O3/c1-20(2,3)25-19(24)22(17-18-11-6-4-7-12-18)15-9-5-8-13-21-14-10-16-23/h4,6-7,11-12,21,23H,5,8-10,13-17H2,1-3H3. The van der Waals surface area contributed by atoms with Crippen LogP contribution in [-0.4, -0.2) is 47.9 Å². The molecular formula is C20H34N2O3. The molecule has 0 aliphatic rings. The molecule has 0 aromatic heterocycles. The summed E-state index contributed by atoms with van der Waals surface area (Å²) in [5.74, 6) is 0. The van der Waals surface area contributed by atoms with Crippen molar-refractivity contribution in [3.8, 4) is 0 Å². The van der Waals surface area contributed by atoms with Crippen LogP contribution in [0, 0.1) is 0 Å². The minimum absolute atomic E-state index is 0.233. The average molecular weight is 351 g/mol. The Labute approximate surface area is 152 Å². The summed E-state index contributed by atoms with van der Waals surface area (Å²) in [6, 6.07) is 10.0. The molecular weight excluding hydrogens is 316 g/mol. The maximum Gasteiger partial charge on any atom is 0.410 e. The van der Waals surface area contributed by atoms with Crippen molar-refractivity contribution < 1.29 is 14.6 Å². The van der Waals surface area contributed by atoms with Gasteiger partial charge in [-0.05, 0) is 58.7 Å². The number of rotatable bonds is 11. The van der Waals surface area contributed by atoms with Gasteiger partial charge in [-0.15, -0.1) is 0 Å². The largest absolute Gasteiger partial charge is 0.444 e. The van der Waals surface area contributed by atoms with Crippen molar-refractivity contribution in [2.75, 3.05) is 26.2 Å². The summed E-state index contributed by atoms with van der Waals surface area (Å²) >= 11 is 0. The highest BCUT2D eigenvalue weighted by Gasteiger charge is 2.21. The van der Waals surface area contributed by atoms with Crippen LogP contribution < -0.4 is 5.32 Å². The second-order valence-electron chi connectivity index (χ2n) is 7.28. The number of ether oxygens (including phenoxy) is 1. The molecule has 142 valence electrons. The fraction of sp³-hybridized carbons (Fsp3) is 0.650. The molecule has 0 aliphatic heterocycles. The second kappa shape index (κ2) is 11.9. The topological polar surface area (TPSA) is 61.8 Å². The first-order chi connectivity index (χ1) is 11.9. The van der Waals surface area contributed by atoms with E-state index in [9.17, 15) is 4.79 Å². The highest BCUT2D eigenvalue weighted by Crippen LogP contribution is 2.13. The van der Waals surface area contributed by atoms with Gasteiger partial charge in [0.15, 0.2) is 0 Å². The van der Waals surface area contributed by atoms with Crippen LogP contribution in [0.15, 0.2) is 30.3 Å². The summed E-state index contributed by atoms with van der Waals surface area (Å²) in [5.41, 5.74) is 0.627. The zero-order valence-electron chi connectivity index (χ0n) is 16.0. The highest BCUT2D eigenvalue weighted by molar-refractivity contribution is 5.68. The molecule has 1 amide bonds. The second-order valence-corrected chi connectivity index (χ2v) is 7.28. The molecule has 5 heteroatoms. The van der Waals surface area contributed by atoms with Crippen molar-refractivity contribution in [1.29, 1.82) is 0 Å². The van der Waals surface area contributed by atoms with Crippen LogP contribution in [0.1, 0.15) is 52.0 Å². The van der Waals surface area contributed by atoms with Crippen LogP contribution in [-0.2, 0) is 11.3 Å². The first-order valence-electron chi connectivity index (χ1n) is 9.26. The smallest absolute Gasteiger partial charge is 0.410 e. The number of hydrogen-bond donors (Lipinski definition) is 2. The van der Waals surface area contributed by atoms with Crippen molar-refractivity contribution in [2.24, 2.45) is 0 Å². The molecule has 0 atom stereocenters. The number of aliphatic hydroxyl groups excluding tert-OH is 1. The lowest BCUT2D eigenvalue weighted by molar-refractivity contribution is 0.0230. The molecule has 0 spiro atoms. The van der Waals surface area contributed by atoms with Gasteiger partial charge in [-0.1, -0.05) is 36.8 Å². The van der Waals surface area contributed by atoms with Crippen LogP contribution in [0.5, 0.6) is 0 Å². The first-order valence-corrected chi connectivity index (χ1v) is 9.26. The van der Waals surface area contributed by atoms with Crippen molar-refractivity contribution in [3.63, 3.8) is 0 Å². The van der Waals surface area contributed by atoms with Crippen LogP contribution in [0.25, 0.3) is 0 Å². The number of amides is 1. The van der Waals surface area contributed by atoms with Crippen molar-refractivity contribution in [3.05, 3.63) is 35.9 Å². The quantitative estimate of drug-likeness (QED) is 0.599. The third-order valence-electron chi connectivity index (χ3n) is 3.66. The van der Waals surface area contributed by atoms with E-state index in [1.165, 1.54) is 0 Å². The third kappa shape index (κ3) is 10.8. The number of nitrogens with zero attached hydrogens (tertiary/aromatic N) is 1. The third-order valence-corrected chi connectivity index (χ3v) is 3.66. The fourth-order valence-corrected chi connectivity index (χ4v) is 2.42. The Bertz CT molecular complexity index is 472. The van der Waals surface area contributed by atoms with Gasteiger partial charge < -0.3 is 20.1 Å². The molecule has 0 saturated heterocycles. The summed E-state index contributed by atoms with van der Waals surface area (Å²) in [5, 5.41) is 12.0. The first kappa shape index (κ1) is 21.5. The lowest BCUT2D eigenvalue weighted by Gasteiger charge is -2.27. The van der Waals surface area contributed by atoms with Gasteiger partial charge in [0.2, 0.25) is 0 Å². The van der Waals surface area contributed by atoms with E-state index in [4.69, 9.17) is 9.84 Å². The Hall–Kier alpha value is -1.59. The van der Waals surface area contributed by atoms with Gasteiger partial charge in [-0.25, -0.2) is 4.79 Å². The van der Waals surface area contributed by atoms with Gasteiger partial charge in [-0.3, -0.25) is 0 Å². The fourth-order valence-electron chi connectivity index (χ4n) is 2.42. The summed E-state index contributed by atoms with van der Waals surface area (Å²) in [6.07, 6.45) is 3.62. The van der Waals surface area contributed by atoms with Gasteiger partial charge in [0.1, 0.15) is 5.60 Å². The molecule has 0 fully saturated rings. The number of carbonyl (C=O) groups excluding carboxylic acids is 1. The van der Waals surface area contributed by atoms with Crippen LogP contribution in [0.4, 0.5) is 4.79 Å². The molecule has 1 aromatic rings. The van der Waals surface area contributed by atoms with Gasteiger partial charge in [0.05, 0.1) is 0 Å². The Balaban J connectivity index is 2.41. The molecule has 0 radical (unpaired) electrons. The Kier molecular flexibility index (Phi) is 10.2. The molecule has 0 heterocycles. The number of hydrogen-bond acceptors (Lipinski definition) is 4. The van der Waals surface area contributed by atoms with E-state index < -0.39 is 5.60 Å². The Morgan fingerprint density at radius 2 is 1.76 bits per heavy atom. The molecule has 25 heavy (non-hydrogen) atoms. The maximum atomic E-state index is 12.5. The van der Waals surface area contributed by atoms with E-state index in [2.05, 4.69) is 5.32 Å². The Morgan fingerprint density at radius 3 is 2.40 bits per heavy atom. The molecule has 0 saturated carbocycles. The minimum atomic E-state index is -0.483. The summed E-state index contributed by atoms with van der Waals surface area (Å²) in [4.78, 5) is 14.3. The Morgan fingerprint density at radius 1 is 1.08 bits per heavy atom. The molecule has 0 aliphatic carbocycles. The van der Waals surface area contributed by atoms with Gasteiger partial charge >= 0.3 is 6.09 Å². The summed E-state index contributed by atoms with van der Waals surface area (Å²) in [6.45, 7) is 8.99. The van der Waals surface area contributed by atoms with E-state index in [0.717, 1.165) is 44.3 Å². The van der Waals surface area contributed by atoms with Crippen LogP contribution >= 0.6 is 0 Å². The minimum Gasteiger partial charge on any atom is -0.444 e. The highest BCUT2D eigenvalue weighted by atomic mass is 16.6. The van der Waals surface area contributed by atoms with E-state index in [1.54, 1.807) is 4.90 Å². The normalized spacial score (nSPS) is 11.4. The predicted octanol–water partition coefficient (Wildman–Crippen LogP) is 3.57. The van der Waals surface area contributed by atoms with E-state index in [-0.39, 0.29) is 12.7 Å². The van der Waals surface area contributed by atoms with Crippen LogP contribution in [0.2, 0.25) is 0 Å². The van der Waals surface area contributed by atoms with Gasteiger partial charge in [0, 0.05) is 19.7 Å². The number of unbranched alkanes of at least 4 members (excludes halogenated alkanes) is 2. The molecule has 5 nitrogen and oxygen atoms in total. The van der Waals surface area contributed by atoms with Crippen molar-refractivity contribution in [1.82, 2.24) is 10.2 Å². The maximum absolute atomic E-state index is 12.5. The summed E-state index contributed by atoms with van der Waals surface area (Å²) < 4.78 is 5.55. The molecule has 2 N–H and O–H groups in total. The van der Waals surface area contributed by atoms with Crippen molar-refractivity contribution >= 4 is 6.09 Å². The number of nitrogens with one attached hydrogen (secondary N) is 1. The molecule has 0 bridgehead atoms. The SMILES string of the molecule is CC(C)(C)OC(=O)N(CCCCCNCCCO)Cc1ccccc1. The number of carbonyl (C=O) groups is 1. The lowest BCUT2D eigenvalue weighted by atomic mass is 10.2. The van der Waals surface area contributed by atoms with E-state index in [1.807, 2.05) is 51.1 Å². The number of benzene rings is 1. The van der Waals surface area contributed by atoms with Gasteiger partial charge in [0.25, 0.3) is 0 Å². The zero-order valence-corrected chi connectivity index (χ0v) is 16.0. The number of aliphatic hydroxyl groups is 1. The van der Waals surface area contributed by atoms with Gasteiger partial charge in [-0.2, -0.15) is 0 Å². The van der Waals surface area contributed by atoms with E-state index in [0.29, 0.717) is 13.1 Å². The lowest BCUT2D eigenvalue weighted by Crippen LogP contribution is -2.37. The molecule has 1 aromatic carbocycles. The van der Waals surface area contributed by atoms with Crippen molar-refractivity contribution in [2.45, 2.75) is 58.6 Å². The zero-order chi connectivity index (χ0) is 18.5. The molecule has 1 rings (SSSR count). The predicted molar refractivity (Wildman–Crippen MR) is 102 cm³/mol. The summed E-state index contributed by atoms with van der Waals surface area (Å²) in [7, 11) is 0.